The Hall–Kier alpha value is -0.770. The molecule has 2 saturated heterocycles. The fourth-order valence-corrected chi connectivity index (χ4v) is 3.75. The van der Waals surface area contributed by atoms with Crippen molar-refractivity contribution in [3.8, 4) is 0 Å². The summed E-state index contributed by atoms with van der Waals surface area (Å²) in [6, 6.07) is 7.02. The lowest BCUT2D eigenvalue weighted by Gasteiger charge is -2.45. The molecule has 110 valence electrons. The number of nitrogens with two attached hydrogens (primary N) is 1. The van der Waals surface area contributed by atoms with E-state index in [1.165, 1.54) is 31.5 Å². The summed E-state index contributed by atoms with van der Waals surface area (Å²) in [6.45, 7) is 6.61. The highest BCUT2D eigenvalue weighted by Gasteiger charge is 2.29. The first-order valence-corrected chi connectivity index (χ1v) is 8.07. The zero-order chi connectivity index (χ0) is 14.1. The van der Waals surface area contributed by atoms with Gasteiger partial charge >= 0.3 is 0 Å². The quantitative estimate of drug-likeness (QED) is 0.910. The zero-order valence-electron chi connectivity index (χ0n) is 12.2. The Bertz CT molecular complexity index is 475. The Kier molecular flexibility index (Phi) is 4.20. The van der Waals surface area contributed by atoms with Crippen molar-refractivity contribution in [2.75, 3.05) is 31.1 Å². The number of anilines is 1. The first-order chi connectivity index (χ1) is 9.65. The van der Waals surface area contributed by atoms with Crippen LogP contribution < -0.4 is 10.6 Å². The van der Waals surface area contributed by atoms with E-state index < -0.39 is 0 Å². The molecular formula is C16H24ClN3. The number of fused-ring (bicyclic) bond motifs is 1. The summed E-state index contributed by atoms with van der Waals surface area (Å²) < 4.78 is 0. The van der Waals surface area contributed by atoms with Crippen molar-refractivity contribution in [2.24, 2.45) is 5.73 Å². The summed E-state index contributed by atoms with van der Waals surface area (Å²) >= 11 is 6.47. The van der Waals surface area contributed by atoms with Crippen LogP contribution in [0.2, 0.25) is 5.02 Å². The van der Waals surface area contributed by atoms with Gasteiger partial charge in [-0.2, -0.15) is 0 Å². The van der Waals surface area contributed by atoms with Gasteiger partial charge in [-0.15, -0.1) is 0 Å². The van der Waals surface area contributed by atoms with E-state index in [1.54, 1.807) is 0 Å². The Morgan fingerprint density at radius 3 is 2.85 bits per heavy atom. The highest BCUT2D eigenvalue weighted by Crippen LogP contribution is 2.31. The van der Waals surface area contributed by atoms with E-state index in [-0.39, 0.29) is 6.04 Å². The molecule has 0 amide bonds. The number of piperidine rings is 1. The van der Waals surface area contributed by atoms with Crippen LogP contribution >= 0.6 is 11.6 Å². The number of hydrogen-bond donors (Lipinski definition) is 1. The number of rotatable bonds is 2. The maximum Gasteiger partial charge on any atom is 0.0642 e. The lowest BCUT2D eigenvalue weighted by molar-refractivity contribution is 0.133. The minimum absolute atomic E-state index is 0.0386. The average molecular weight is 294 g/mol. The molecule has 2 N–H and O–H groups in total. The van der Waals surface area contributed by atoms with E-state index in [1.807, 2.05) is 13.0 Å². The standard InChI is InChI=1S/C16H24ClN3/c1-12(18)13-5-6-16(15(17)10-13)20-9-8-19-7-3-2-4-14(19)11-20/h5-6,10,12,14H,2-4,7-9,11,18H2,1H3/t12-,14?/m0/s1. The minimum atomic E-state index is 0.0386. The minimum Gasteiger partial charge on any atom is -0.367 e. The summed E-state index contributed by atoms with van der Waals surface area (Å²) in [7, 11) is 0. The first-order valence-electron chi connectivity index (χ1n) is 7.69. The second-order valence-corrected chi connectivity index (χ2v) is 6.54. The van der Waals surface area contributed by atoms with Gasteiger partial charge < -0.3 is 10.6 Å². The molecule has 0 spiro atoms. The molecule has 2 atom stereocenters. The van der Waals surface area contributed by atoms with Crippen molar-refractivity contribution in [3.05, 3.63) is 28.8 Å². The molecule has 2 aliphatic rings. The molecule has 4 heteroatoms. The topological polar surface area (TPSA) is 32.5 Å². The molecular weight excluding hydrogens is 270 g/mol. The third kappa shape index (κ3) is 2.80. The molecule has 2 fully saturated rings. The Morgan fingerprint density at radius 1 is 1.25 bits per heavy atom. The Balaban J connectivity index is 1.76. The number of piperazine rings is 1. The predicted molar refractivity (Wildman–Crippen MR) is 85.5 cm³/mol. The smallest absolute Gasteiger partial charge is 0.0642 e. The zero-order valence-corrected chi connectivity index (χ0v) is 12.9. The van der Waals surface area contributed by atoms with E-state index in [2.05, 4.69) is 21.9 Å². The SMILES string of the molecule is C[C@H](N)c1ccc(N2CCN3CCCCC3C2)c(Cl)c1. The molecule has 2 heterocycles. The van der Waals surface area contributed by atoms with Crippen LogP contribution in [0.1, 0.15) is 37.8 Å². The van der Waals surface area contributed by atoms with Gasteiger partial charge in [-0.1, -0.05) is 24.1 Å². The van der Waals surface area contributed by atoms with Gasteiger partial charge in [-0.3, -0.25) is 4.90 Å². The van der Waals surface area contributed by atoms with Crippen LogP contribution in [0.3, 0.4) is 0 Å². The average Bonchev–Trinajstić information content (AvgIpc) is 2.46. The van der Waals surface area contributed by atoms with Crippen LogP contribution in [0.4, 0.5) is 5.69 Å². The Labute approximate surface area is 126 Å². The second-order valence-electron chi connectivity index (χ2n) is 6.13. The Morgan fingerprint density at radius 2 is 2.10 bits per heavy atom. The monoisotopic (exact) mass is 293 g/mol. The summed E-state index contributed by atoms with van der Waals surface area (Å²) in [6.07, 6.45) is 4.05. The van der Waals surface area contributed by atoms with Crippen molar-refractivity contribution in [1.82, 2.24) is 4.90 Å². The number of nitrogens with zero attached hydrogens (tertiary/aromatic N) is 2. The van der Waals surface area contributed by atoms with E-state index in [0.29, 0.717) is 6.04 Å². The second kappa shape index (κ2) is 5.92. The van der Waals surface area contributed by atoms with Crippen LogP contribution in [-0.4, -0.2) is 37.1 Å². The van der Waals surface area contributed by atoms with Crippen molar-refractivity contribution in [1.29, 1.82) is 0 Å². The summed E-state index contributed by atoms with van der Waals surface area (Å²) in [5.41, 5.74) is 8.19. The van der Waals surface area contributed by atoms with Gasteiger partial charge in [-0.05, 0) is 44.0 Å². The molecule has 0 bridgehead atoms. The lowest BCUT2D eigenvalue weighted by atomic mass is 9.99. The van der Waals surface area contributed by atoms with Crippen molar-refractivity contribution < 1.29 is 0 Å². The normalized spacial score (nSPS) is 25.4. The molecule has 2 aliphatic heterocycles. The lowest BCUT2D eigenvalue weighted by Crippen LogP contribution is -2.55. The number of halogens is 1. The fourth-order valence-electron chi connectivity index (χ4n) is 3.44. The third-order valence-corrected chi connectivity index (χ3v) is 4.98. The summed E-state index contributed by atoms with van der Waals surface area (Å²) in [5.74, 6) is 0. The van der Waals surface area contributed by atoms with Crippen LogP contribution in [-0.2, 0) is 0 Å². The molecule has 1 unspecified atom stereocenters. The summed E-state index contributed by atoms with van der Waals surface area (Å²) in [5, 5.41) is 0.837. The van der Waals surface area contributed by atoms with Gasteiger partial charge in [0.15, 0.2) is 0 Å². The molecule has 0 saturated carbocycles. The van der Waals surface area contributed by atoms with Crippen molar-refractivity contribution in [2.45, 2.75) is 38.3 Å². The van der Waals surface area contributed by atoms with Crippen LogP contribution in [0.25, 0.3) is 0 Å². The van der Waals surface area contributed by atoms with Gasteiger partial charge in [0.1, 0.15) is 0 Å². The number of hydrogen-bond acceptors (Lipinski definition) is 3. The third-order valence-electron chi connectivity index (χ3n) is 4.68. The van der Waals surface area contributed by atoms with Gasteiger partial charge in [0, 0.05) is 31.7 Å². The van der Waals surface area contributed by atoms with Gasteiger partial charge in [0.2, 0.25) is 0 Å². The van der Waals surface area contributed by atoms with E-state index in [0.717, 1.165) is 30.2 Å². The molecule has 1 aromatic rings. The van der Waals surface area contributed by atoms with Crippen molar-refractivity contribution in [3.63, 3.8) is 0 Å². The van der Waals surface area contributed by atoms with Crippen LogP contribution in [0, 0.1) is 0 Å². The molecule has 20 heavy (non-hydrogen) atoms. The molecule has 0 radical (unpaired) electrons. The summed E-state index contributed by atoms with van der Waals surface area (Å²) in [4.78, 5) is 5.09. The van der Waals surface area contributed by atoms with Gasteiger partial charge in [-0.25, -0.2) is 0 Å². The van der Waals surface area contributed by atoms with Gasteiger partial charge in [0.05, 0.1) is 10.7 Å². The highest BCUT2D eigenvalue weighted by atomic mass is 35.5. The van der Waals surface area contributed by atoms with Crippen LogP contribution in [0.5, 0.6) is 0 Å². The van der Waals surface area contributed by atoms with E-state index >= 15 is 0 Å². The molecule has 1 aromatic carbocycles. The first kappa shape index (κ1) is 14.2. The molecule has 3 nitrogen and oxygen atoms in total. The molecule has 0 aliphatic carbocycles. The van der Waals surface area contributed by atoms with E-state index in [4.69, 9.17) is 17.3 Å². The highest BCUT2D eigenvalue weighted by molar-refractivity contribution is 6.33. The maximum absolute atomic E-state index is 6.47. The largest absolute Gasteiger partial charge is 0.367 e. The van der Waals surface area contributed by atoms with Crippen molar-refractivity contribution >= 4 is 17.3 Å². The number of benzene rings is 1. The maximum atomic E-state index is 6.47. The predicted octanol–water partition coefficient (Wildman–Crippen LogP) is 3.03. The van der Waals surface area contributed by atoms with Crippen LogP contribution in [0.15, 0.2) is 18.2 Å². The van der Waals surface area contributed by atoms with E-state index in [9.17, 15) is 0 Å². The fraction of sp³-hybridized carbons (Fsp3) is 0.625. The molecule has 0 aromatic heterocycles. The molecule has 3 rings (SSSR count). The van der Waals surface area contributed by atoms with Gasteiger partial charge in [0.25, 0.3) is 0 Å².